The first-order chi connectivity index (χ1) is 59.9. The maximum absolute atomic E-state index is 14.4. The van der Waals surface area contributed by atoms with Gasteiger partial charge in [-0.05, 0) is 135 Å². The lowest BCUT2D eigenvalue weighted by Crippen LogP contribution is -2.61. The molecule has 0 aliphatic heterocycles. The summed E-state index contributed by atoms with van der Waals surface area (Å²) in [6.45, 7) is 4.71. The van der Waals surface area contributed by atoms with E-state index in [1.165, 1.54) is 34.6 Å². The van der Waals surface area contributed by atoms with Gasteiger partial charge in [0.05, 0.1) is 44.8 Å². The number of carbonyl (C=O) groups excluding carboxylic acids is 18. The van der Waals surface area contributed by atoms with E-state index in [1.54, 1.807) is 60.7 Å². The summed E-state index contributed by atoms with van der Waals surface area (Å²) in [5, 5.41) is 69.2. The van der Waals surface area contributed by atoms with Gasteiger partial charge < -0.3 is 152 Å². The third-order valence-corrected chi connectivity index (χ3v) is 18.9. The predicted molar refractivity (Wildman–Crippen MR) is 459 cm³/mol. The van der Waals surface area contributed by atoms with Gasteiger partial charge in [0.2, 0.25) is 106 Å². The number of benzene rings is 2. The van der Waals surface area contributed by atoms with Gasteiger partial charge in [-0.1, -0.05) is 74.5 Å². The van der Waals surface area contributed by atoms with E-state index < -0.39 is 254 Å². The van der Waals surface area contributed by atoms with Gasteiger partial charge in [-0.25, -0.2) is 4.79 Å². The molecule has 0 saturated carbocycles. The van der Waals surface area contributed by atoms with E-state index in [-0.39, 0.29) is 102 Å². The molecule has 0 heterocycles. The summed E-state index contributed by atoms with van der Waals surface area (Å²) >= 11 is 0. The van der Waals surface area contributed by atoms with Crippen LogP contribution < -0.4 is 137 Å². The molecule has 0 spiro atoms. The van der Waals surface area contributed by atoms with Crippen molar-refractivity contribution in [3.63, 3.8) is 0 Å². The van der Waals surface area contributed by atoms with Crippen molar-refractivity contribution in [1.29, 1.82) is 0 Å². The van der Waals surface area contributed by atoms with Gasteiger partial charge >= 0.3 is 5.97 Å². The number of hydrogen-bond donors (Lipinski definition) is 28. The number of nitrogens with one attached hydrogen (secondary N) is 16. The molecule has 0 fully saturated rings. The van der Waals surface area contributed by atoms with Crippen LogP contribution in [0.25, 0.3) is 0 Å². The molecule has 127 heavy (non-hydrogen) atoms. The van der Waals surface area contributed by atoms with Gasteiger partial charge in [0.1, 0.15) is 78.5 Å². The molecule has 18 amide bonds. The second-order valence-corrected chi connectivity index (χ2v) is 30.1. The van der Waals surface area contributed by atoms with Crippen molar-refractivity contribution in [3.8, 4) is 0 Å². The first-order valence-corrected chi connectivity index (χ1v) is 41.1. The molecule has 37 N–H and O–H groups in total. The van der Waals surface area contributed by atoms with Crippen LogP contribution in [0.3, 0.4) is 0 Å². The number of hydrogen-bond acceptors (Lipinski definition) is 26. The zero-order valence-electron chi connectivity index (χ0n) is 72.0. The van der Waals surface area contributed by atoms with Crippen molar-refractivity contribution in [1.82, 2.24) is 85.1 Å². The number of nitrogens with zero attached hydrogens (tertiary/aromatic N) is 2. The molecule has 49 nitrogen and oxygen atoms in total. The Morgan fingerprint density at radius 2 is 0.724 bits per heavy atom. The Balaban J connectivity index is 2.29. The maximum Gasteiger partial charge on any atom is 0.326 e. The highest BCUT2D eigenvalue weighted by atomic mass is 16.4. The molecule has 15 atom stereocenters. The number of aliphatic hydroxyl groups excluding tert-OH is 2. The Morgan fingerprint density at radius 3 is 1.17 bits per heavy atom. The smallest absolute Gasteiger partial charge is 0.326 e. The fourth-order valence-corrected chi connectivity index (χ4v) is 11.8. The molecule has 0 unspecified atom stereocenters. The molecule has 49 heteroatoms. The highest BCUT2D eigenvalue weighted by Crippen LogP contribution is 2.13. The second kappa shape index (κ2) is 58.8. The van der Waals surface area contributed by atoms with Crippen LogP contribution in [0.4, 0.5) is 0 Å². The average molecular weight is 1800 g/mol. The molecule has 2 aromatic rings. The largest absolute Gasteiger partial charge is 0.480 e. The first kappa shape index (κ1) is 110. The molecule has 2 rings (SSSR count). The van der Waals surface area contributed by atoms with Gasteiger partial charge in [-0.3, -0.25) is 96.3 Å². The number of carbonyl (C=O) groups is 19. The van der Waals surface area contributed by atoms with Crippen molar-refractivity contribution >= 4 is 124 Å². The first-order valence-electron chi connectivity index (χ1n) is 41.1. The van der Waals surface area contributed by atoms with Crippen LogP contribution in [0.2, 0.25) is 0 Å². The molecule has 2 aromatic carbocycles. The second-order valence-electron chi connectivity index (χ2n) is 30.1. The topological polar surface area (TPSA) is 836 Å². The minimum absolute atomic E-state index is 0.0164. The lowest BCUT2D eigenvalue weighted by Gasteiger charge is -2.28. The van der Waals surface area contributed by atoms with Crippen LogP contribution in [0.15, 0.2) is 70.6 Å². The van der Waals surface area contributed by atoms with E-state index in [0.29, 0.717) is 18.4 Å². The number of carboxylic acid groups (broad SMARTS) is 1. The van der Waals surface area contributed by atoms with Crippen molar-refractivity contribution < 1.29 is 106 Å². The number of nitrogens with two attached hydrogens (primary N) is 9. The number of primary amides is 2. The molecule has 0 aliphatic rings. The zero-order chi connectivity index (χ0) is 95.6. The zero-order valence-corrected chi connectivity index (χ0v) is 72.0. The fourth-order valence-electron chi connectivity index (χ4n) is 11.8. The van der Waals surface area contributed by atoms with Crippen LogP contribution in [-0.2, 0) is 104 Å². The molecule has 706 valence electrons. The van der Waals surface area contributed by atoms with Crippen LogP contribution in [0.5, 0.6) is 0 Å². The number of rotatable bonds is 61. The Labute approximate surface area is 733 Å². The number of unbranched alkanes of at least 4 members (excludes halogenated alkanes) is 2. The highest BCUT2D eigenvalue weighted by molar-refractivity contribution is 6.01. The third-order valence-electron chi connectivity index (χ3n) is 18.9. The summed E-state index contributed by atoms with van der Waals surface area (Å²) in [4.78, 5) is 262. The Morgan fingerprint density at radius 1 is 0.354 bits per heavy atom. The minimum atomic E-state index is -1.85. The van der Waals surface area contributed by atoms with Gasteiger partial charge in [0, 0.05) is 25.9 Å². The summed E-state index contributed by atoms with van der Waals surface area (Å²) in [6, 6.07) is -4.31. The van der Waals surface area contributed by atoms with Crippen molar-refractivity contribution in [2.75, 3.05) is 52.4 Å². The molecule has 0 bridgehead atoms. The van der Waals surface area contributed by atoms with Crippen molar-refractivity contribution in [2.45, 2.75) is 229 Å². The molecular formula is C78H127N27O22. The Bertz CT molecular complexity index is 4080. The molecule has 0 radical (unpaired) electrons. The van der Waals surface area contributed by atoms with Gasteiger partial charge in [0.15, 0.2) is 11.9 Å². The fraction of sp³-hybridized carbons (Fsp3) is 0.577. The van der Waals surface area contributed by atoms with Crippen LogP contribution in [-0.4, -0.2) is 283 Å². The van der Waals surface area contributed by atoms with Crippen molar-refractivity contribution in [3.05, 3.63) is 71.8 Å². The number of guanidine groups is 2. The monoisotopic (exact) mass is 1790 g/mol. The standard InChI is InChI=1S/C78H127N27O22/c1-40(2)61(75(125)95-43(5)65(115)102-54(35-57(83)109)71(121)101-52(76(126)127)27-28-56(82)108)104-70(120)49(24-14-16-30-80)100-68(118)51(26-18-32-89-78(86)87)98-64(114)42(4)94-73(123)55(39-106)103-69(119)48(23-13-15-29-79)99-67(117)50(25-17-31-88-77(84)85)97-63(113)41(3)93-59(111)38-92-74(124)62(44(6)107)105-72(122)53(34-46-21-11-8-12-22-46)96-60(112)37-90-58(110)36-91-66(116)47(81)33-45-19-9-7-10-20-45/h7-12,19-22,40-44,47-55,61-62,106-107H,13-18,23-39,79-81H2,1-6H3,(H2,82,108)(H2,83,109)(H,90,110)(H,91,116)(H,92,124)(H,93,111)(H,94,123)(H,95,125)(H,96,112)(H,97,113)(H,98,114)(H,99,117)(H,100,118)(H,101,121)(H,102,115)(H,103,119)(H,104,120)(H,105,122)(H,126,127)(H4,84,85,88)(H4,86,87,89)/t41-,42-,43-,44+,47-,48-,49-,50-,51-,52-,53-,54-,55-,61-,62-/m0/s1. The SMILES string of the molecule is CC(C)[C@H](NC(=O)[C@H](CCCCN)NC(=O)[C@H](CCCN=C(N)N)NC(=O)[C@H](C)NC(=O)[C@H](CO)NC(=O)[C@H](CCCCN)NC(=O)[C@H](CCCN=C(N)N)NC(=O)[C@H](C)NC(=O)CNC(=O)[C@@H](NC(=O)[C@H](Cc1ccccc1)NC(=O)CNC(=O)CNC(=O)[C@@H](N)Cc1ccccc1)[C@@H](C)O)C(=O)N[C@@H](C)C(=O)N[C@@H](CC(N)=O)C(=O)N[C@@H](CCC(N)=O)C(=O)O. The Hall–Kier alpha value is -13.3. The van der Waals surface area contributed by atoms with Crippen LogP contribution in [0, 0.1) is 5.92 Å². The van der Waals surface area contributed by atoms with Gasteiger partial charge in [-0.15, -0.1) is 0 Å². The van der Waals surface area contributed by atoms with E-state index in [4.69, 9.17) is 51.6 Å². The van der Waals surface area contributed by atoms with Gasteiger partial charge in [0.25, 0.3) is 0 Å². The number of aliphatic carboxylic acids is 1. The van der Waals surface area contributed by atoms with Gasteiger partial charge in [-0.2, -0.15) is 0 Å². The summed E-state index contributed by atoms with van der Waals surface area (Å²) in [5.41, 5.74) is 51.4. The highest BCUT2D eigenvalue weighted by Gasteiger charge is 2.38. The number of aliphatic hydroxyl groups is 2. The number of carboxylic acids is 1. The minimum Gasteiger partial charge on any atom is -0.480 e. The molecule has 0 saturated heterocycles. The summed E-state index contributed by atoms with van der Waals surface area (Å²) in [5.74, 6) is -20.6. The van der Waals surface area contributed by atoms with Crippen molar-refractivity contribution in [2.24, 2.45) is 67.5 Å². The molecule has 0 aromatic heterocycles. The lowest BCUT2D eigenvalue weighted by atomic mass is 10.0. The summed E-state index contributed by atoms with van der Waals surface area (Å²) < 4.78 is 0. The van der Waals surface area contributed by atoms with E-state index in [1.807, 2.05) is 0 Å². The summed E-state index contributed by atoms with van der Waals surface area (Å²) in [7, 11) is 0. The van der Waals surface area contributed by atoms with E-state index in [2.05, 4.69) is 95.1 Å². The summed E-state index contributed by atoms with van der Waals surface area (Å²) in [6.07, 6.45) is -2.95. The maximum atomic E-state index is 14.4. The van der Waals surface area contributed by atoms with E-state index >= 15 is 0 Å². The normalized spacial score (nSPS) is 14.5. The number of aliphatic imine (C=N–C) groups is 2. The quantitative estimate of drug-likeness (QED) is 0.0166. The lowest BCUT2D eigenvalue weighted by molar-refractivity contribution is -0.143. The van der Waals surface area contributed by atoms with Crippen LogP contribution >= 0.6 is 0 Å². The van der Waals surface area contributed by atoms with E-state index in [9.17, 15) is 106 Å². The predicted octanol–water partition coefficient (Wildman–Crippen LogP) is -11.9. The molecule has 0 aliphatic carbocycles. The molecular weight excluding hydrogens is 1670 g/mol. The average Bonchev–Trinajstić information content (AvgIpc) is 0.874. The Kier molecular flexibility index (Phi) is 50.8. The van der Waals surface area contributed by atoms with E-state index in [0.717, 1.165) is 12.5 Å². The third kappa shape index (κ3) is 44.2. The number of amides is 18. The van der Waals surface area contributed by atoms with Crippen LogP contribution in [0.1, 0.15) is 136 Å².